The van der Waals surface area contributed by atoms with E-state index in [0.29, 0.717) is 5.75 Å². The zero-order chi connectivity index (χ0) is 20.6. The minimum absolute atomic E-state index is 0.0300. The van der Waals surface area contributed by atoms with Crippen molar-refractivity contribution < 1.29 is 9.53 Å². The minimum Gasteiger partial charge on any atom is -0.483 e. The van der Waals surface area contributed by atoms with Crippen LogP contribution in [0.2, 0.25) is 0 Å². The molecule has 1 N–H and O–H groups in total. The molecule has 0 radical (unpaired) electrons. The third kappa shape index (κ3) is 5.32. The first-order valence-electron chi connectivity index (χ1n) is 9.68. The van der Waals surface area contributed by atoms with Crippen LogP contribution >= 0.6 is 0 Å². The Kier molecular flexibility index (Phi) is 6.80. The fraction of sp³-hybridized carbons (Fsp3) is 0.200. The van der Waals surface area contributed by atoms with E-state index in [1.54, 1.807) is 0 Å². The Balaban J connectivity index is 1.70. The average Bonchev–Trinajstić information content (AvgIpc) is 2.75. The lowest BCUT2D eigenvalue weighted by Crippen LogP contribution is -2.27. The molecule has 29 heavy (non-hydrogen) atoms. The summed E-state index contributed by atoms with van der Waals surface area (Å²) in [6.45, 7) is 5.84. The van der Waals surface area contributed by atoms with E-state index < -0.39 is 0 Å². The third-order valence-corrected chi connectivity index (χ3v) is 4.95. The van der Waals surface area contributed by atoms with Crippen molar-refractivity contribution in [2.75, 3.05) is 6.61 Å². The second-order valence-electron chi connectivity index (χ2n) is 7.03. The maximum absolute atomic E-state index is 12.3. The molecular weight excluding hydrogens is 360 g/mol. The van der Waals surface area contributed by atoms with Crippen molar-refractivity contribution >= 4 is 11.6 Å². The van der Waals surface area contributed by atoms with Gasteiger partial charge in [0.05, 0.1) is 0 Å². The summed E-state index contributed by atoms with van der Waals surface area (Å²) in [5.74, 6) is 0.398. The Morgan fingerprint density at radius 2 is 1.48 bits per heavy atom. The monoisotopic (exact) mass is 386 g/mol. The molecule has 3 rings (SSSR count). The Bertz CT molecular complexity index is 943. The number of rotatable bonds is 7. The largest absolute Gasteiger partial charge is 0.483 e. The van der Waals surface area contributed by atoms with Gasteiger partial charge in [0.1, 0.15) is 5.75 Å². The molecule has 0 spiro atoms. The summed E-state index contributed by atoms with van der Waals surface area (Å²) in [4.78, 5) is 12.3. The fourth-order valence-electron chi connectivity index (χ4n) is 3.24. The lowest BCUT2D eigenvalue weighted by atomic mass is 9.88. The number of hydrogen-bond donors (Lipinski definition) is 1. The van der Waals surface area contributed by atoms with Crippen LogP contribution in [-0.4, -0.2) is 18.2 Å². The Morgan fingerprint density at radius 3 is 2.07 bits per heavy atom. The van der Waals surface area contributed by atoms with Crippen molar-refractivity contribution in [2.45, 2.75) is 26.7 Å². The lowest BCUT2D eigenvalue weighted by Gasteiger charge is -2.18. The highest BCUT2D eigenvalue weighted by Gasteiger charge is 2.17. The fourth-order valence-corrected chi connectivity index (χ4v) is 3.24. The SMILES string of the molecule is C/C(=N\NC(=O)COc1cccc(C)c1C)C(c1ccccc1)c1ccccc1. The van der Waals surface area contributed by atoms with Gasteiger partial charge in [0.25, 0.3) is 5.91 Å². The number of amides is 1. The number of hydrogen-bond acceptors (Lipinski definition) is 3. The topological polar surface area (TPSA) is 50.7 Å². The molecular formula is C25H26N2O2. The summed E-state index contributed by atoms with van der Waals surface area (Å²) in [7, 11) is 0. The standard InChI is InChI=1S/C25H26N2O2/c1-18-11-10-16-23(19(18)2)29-17-24(28)27-26-20(3)25(21-12-6-4-7-13-21)22-14-8-5-9-15-22/h4-16,25H,17H2,1-3H3,(H,27,28)/b26-20+. The summed E-state index contributed by atoms with van der Waals surface area (Å²) < 4.78 is 5.66. The summed E-state index contributed by atoms with van der Waals surface area (Å²) in [6.07, 6.45) is 0. The summed E-state index contributed by atoms with van der Waals surface area (Å²) in [6, 6.07) is 26.1. The van der Waals surface area contributed by atoms with Gasteiger partial charge in [0.15, 0.2) is 6.61 Å². The van der Waals surface area contributed by atoms with Gasteiger partial charge in [0.2, 0.25) is 0 Å². The number of carbonyl (C=O) groups is 1. The van der Waals surface area contributed by atoms with Gasteiger partial charge < -0.3 is 4.74 Å². The third-order valence-electron chi connectivity index (χ3n) is 4.95. The van der Waals surface area contributed by atoms with Crippen molar-refractivity contribution in [1.82, 2.24) is 5.43 Å². The Hall–Kier alpha value is -3.40. The second-order valence-corrected chi connectivity index (χ2v) is 7.03. The molecule has 3 aromatic carbocycles. The molecule has 0 aliphatic carbocycles. The molecule has 0 aromatic heterocycles. The van der Waals surface area contributed by atoms with Crippen LogP contribution in [0.1, 0.15) is 35.1 Å². The molecule has 0 unspecified atom stereocenters. The number of nitrogens with zero attached hydrogens (tertiary/aromatic N) is 1. The van der Waals surface area contributed by atoms with Gasteiger partial charge in [-0.2, -0.15) is 5.10 Å². The maximum atomic E-state index is 12.3. The van der Waals surface area contributed by atoms with E-state index in [-0.39, 0.29) is 18.4 Å². The average molecular weight is 386 g/mol. The van der Waals surface area contributed by atoms with Crippen LogP contribution in [0.25, 0.3) is 0 Å². The number of aryl methyl sites for hydroxylation is 1. The number of carbonyl (C=O) groups excluding carboxylic acids is 1. The van der Waals surface area contributed by atoms with Gasteiger partial charge in [0, 0.05) is 11.6 Å². The number of hydrazone groups is 1. The molecule has 4 heteroatoms. The van der Waals surface area contributed by atoms with Gasteiger partial charge in [-0.1, -0.05) is 72.8 Å². The number of benzene rings is 3. The van der Waals surface area contributed by atoms with Crippen LogP contribution < -0.4 is 10.2 Å². The molecule has 0 saturated carbocycles. The second kappa shape index (κ2) is 9.69. The van der Waals surface area contributed by atoms with E-state index in [1.807, 2.05) is 75.4 Å². The zero-order valence-electron chi connectivity index (χ0n) is 17.1. The molecule has 1 amide bonds. The molecule has 3 aromatic rings. The summed E-state index contributed by atoms with van der Waals surface area (Å²) in [5, 5.41) is 4.37. The summed E-state index contributed by atoms with van der Waals surface area (Å²) >= 11 is 0. The van der Waals surface area contributed by atoms with E-state index in [0.717, 1.165) is 28.0 Å². The van der Waals surface area contributed by atoms with Gasteiger partial charge in [-0.25, -0.2) is 5.43 Å². The molecule has 0 saturated heterocycles. The Labute approximate surface area is 172 Å². The normalized spacial score (nSPS) is 11.4. The van der Waals surface area contributed by atoms with Crippen LogP contribution in [0.4, 0.5) is 0 Å². The van der Waals surface area contributed by atoms with Crippen LogP contribution in [0.3, 0.4) is 0 Å². The van der Waals surface area contributed by atoms with E-state index in [4.69, 9.17) is 4.74 Å². The minimum atomic E-state index is -0.287. The van der Waals surface area contributed by atoms with Crippen molar-refractivity contribution in [2.24, 2.45) is 5.10 Å². The van der Waals surface area contributed by atoms with Crippen molar-refractivity contribution in [3.63, 3.8) is 0 Å². The van der Waals surface area contributed by atoms with Crippen LogP contribution in [0, 0.1) is 13.8 Å². The van der Waals surface area contributed by atoms with E-state index >= 15 is 0 Å². The van der Waals surface area contributed by atoms with E-state index in [2.05, 4.69) is 34.8 Å². The molecule has 0 fully saturated rings. The first kappa shape index (κ1) is 20.3. The smallest absolute Gasteiger partial charge is 0.277 e. The van der Waals surface area contributed by atoms with Gasteiger partial charge in [-0.15, -0.1) is 0 Å². The predicted molar refractivity (Wildman–Crippen MR) is 117 cm³/mol. The lowest BCUT2D eigenvalue weighted by molar-refractivity contribution is -0.123. The molecule has 0 heterocycles. The molecule has 0 bridgehead atoms. The first-order chi connectivity index (χ1) is 14.1. The Morgan fingerprint density at radius 1 is 0.897 bits per heavy atom. The van der Waals surface area contributed by atoms with Gasteiger partial charge >= 0.3 is 0 Å². The quantitative estimate of drug-likeness (QED) is 0.458. The van der Waals surface area contributed by atoms with E-state index in [1.165, 1.54) is 0 Å². The molecule has 0 aliphatic rings. The van der Waals surface area contributed by atoms with Crippen LogP contribution in [0.5, 0.6) is 5.75 Å². The molecule has 0 aliphatic heterocycles. The van der Waals surface area contributed by atoms with Crippen molar-refractivity contribution in [1.29, 1.82) is 0 Å². The highest BCUT2D eigenvalue weighted by molar-refractivity contribution is 5.93. The molecule has 4 nitrogen and oxygen atoms in total. The van der Waals surface area contributed by atoms with Crippen molar-refractivity contribution in [3.05, 3.63) is 101 Å². The molecule has 148 valence electrons. The highest BCUT2D eigenvalue weighted by Crippen LogP contribution is 2.26. The van der Waals surface area contributed by atoms with Crippen molar-refractivity contribution in [3.8, 4) is 5.75 Å². The van der Waals surface area contributed by atoms with Crippen LogP contribution in [-0.2, 0) is 4.79 Å². The first-order valence-corrected chi connectivity index (χ1v) is 9.68. The summed E-state index contributed by atoms with van der Waals surface area (Å²) in [5.41, 5.74) is 7.86. The van der Waals surface area contributed by atoms with Crippen LogP contribution in [0.15, 0.2) is 84.0 Å². The predicted octanol–water partition coefficient (Wildman–Crippen LogP) is 5.01. The van der Waals surface area contributed by atoms with Gasteiger partial charge in [-0.3, -0.25) is 4.79 Å². The highest BCUT2D eigenvalue weighted by atomic mass is 16.5. The van der Waals surface area contributed by atoms with Gasteiger partial charge in [-0.05, 0) is 49.1 Å². The maximum Gasteiger partial charge on any atom is 0.277 e. The van der Waals surface area contributed by atoms with E-state index in [9.17, 15) is 4.79 Å². The number of ether oxygens (including phenoxy) is 1. The zero-order valence-corrected chi connectivity index (χ0v) is 17.1. The number of nitrogens with one attached hydrogen (secondary N) is 1. The molecule has 0 atom stereocenters.